The number of aromatic amines is 1. The molecule has 1 aromatic carbocycles. The molecule has 0 amide bonds. The highest BCUT2D eigenvalue weighted by Gasteiger charge is 1.90. The fourth-order valence-corrected chi connectivity index (χ4v) is 0.788. The second-order valence-corrected chi connectivity index (χ2v) is 1.83. The third-order valence-electron chi connectivity index (χ3n) is 1.23. The predicted octanol–water partition coefficient (Wildman–Crippen LogP) is 1.12. The van der Waals surface area contributed by atoms with Gasteiger partial charge in [0.1, 0.15) is 5.52 Å². The number of fused-ring (bicyclic) bond motifs is 1. The van der Waals surface area contributed by atoms with E-state index < -0.39 is 0 Å². The van der Waals surface area contributed by atoms with Crippen LogP contribution in [0.25, 0.3) is 11.0 Å². The first-order valence-corrected chi connectivity index (χ1v) is 2.72. The molecule has 0 unspecified atom stereocenters. The predicted molar refractivity (Wildman–Crippen MR) is 38.9 cm³/mol. The number of aromatic nitrogens is 3. The van der Waals surface area contributed by atoms with Crippen LogP contribution in [0.5, 0.6) is 0 Å². The van der Waals surface area contributed by atoms with Gasteiger partial charge in [-0.3, -0.25) is 5.10 Å². The van der Waals surface area contributed by atoms with Crippen molar-refractivity contribution in [1.29, 1.82) is 0 Å². The molecule has 0 aliphatic rings. The van der Waals surface area contributed by atoms with Gasteiger partial charge in [-0.05, 0) is 12.1 Å². The lowest BCUT2D eigenvalue weighted by atomic mass is 10.3. The van der Waals surface area contributed by atoms with Gasteiger partial charge in [-0.15, -0.1) is 5.10 Å². The first-order valence-electron chi connectivity index (χ1n) is 2.72. The summed E-state index contributed by atoms with van der Waals surface area (Å²) < 4.78 is 0. The van der Waals surface area contributed by atoms with E-state index in [0.29, 0.717) is 0 Å². The van der Waals surface area contributed by atoms with Crippen LogP contribution in [0.1, 0.15) is 0 Å². The molecule has 0 saturated heterocycles. The molecule has 4 N–H and O–H groups in total. The number of H-pyrrole nitrogens is 1. The van der Waals surface area contributed by atoms with Crippen molar-refractivity contribution in [1.82, 2.24) is 21.6 Å². The zero-order chi connectivity index (χ0) is 6.10. The van der Waals surface area contributed by atoms with Crippen LogP contribution in [0, 0.1) is 0 Å². The SMILES string of the molecule is N.c1ccc2[nH]nnc2c1. The van der Waals surface area contributed by atoms with Gasteiger partial charge in [0.05, 0.1) is 5.52 Å². The Labute approximate surface area is 57.8 Å². The molecule has 0 aliphatic carbocycles. The first kappa shape index (κ1) is 6.70. The molecule has 1 heterocycles. The van der Waals surface area contributed by atoms with Crippen molar-refractivity contribution in [3.63, 3.8) is 0 Å². The Bertz CT molecular complexity index is 284. The van der Waals surface area contributed by atoms with Crippen LogP contribution in [-0.4, -0.2) is 15.4 Å². The zero-order valence-corrected chi connectivity index (χ0v) is 5.41. The number of hydrogen-bond donors (Lipinski definition) is 2. The molecule has 0 atom stereocenters. The molecule has 0 spiro atoms. The number of rotatable bonds is 0. The Hall–Kier alpha value is -1.42. The summed E-state index contributed by atoms with van der Waals surface area (Å²) in [6.45, 7) is 0. The van der Waals surface area contributed by atoms with E-state index in [1.54, 1.807) is 0 Å². The van der Waals surface area contributed by atoms with Crippen molar-refractivity contribution in [3.05, 3.63) is 24.3 Å². The maximum Gasteiger partial charge on any atom is 0.112 e. The monoisotopic (exact) mass is 136 g/mol. The molecule has 4 nitrogen and oxygen atoms in total. The smallest absolute Gasteiger partial charge is 0.112 e. The minimum absolute atomic E-state index is 0. The van der Waals surface area contributed by atoms with E-state index in [9.17, 15) is 0 Å². The topological polar surface area (TPSA) is 76.6 Å². The van der Waals surface area contributed by atoms with Crippen molar-refractivity contribution in [3.8, 4) is 0 Å². The summed E-state index contributed by atoms with van der Waals surface area (Å²) >= 11 is 0. The van der Waals surface area contributed by atoms with Gasteiger partial charge in [0.25, 0.3) is 0 Å². The molecule has 0 radical (unpaired) electrons. The highest BCUT2D eigenvalue weighted by Crippen LogP contribution is 2.03. The molecule has 0 bridgehead atoms. The third-order valence-corrected chi connectivity index (χ3v) is 1.23. The van der Waals surface area contributed by atoms with Gasteiger partial charge < -0.3 is 6.15 Å². The van der Waals surface area contributed by atoms with E-state index in [-0.39, 0.29) is 6.15 Å². The van der Waals surface area contributed by atoms with Crippen molar-refractivity contribution in [2.24, 2.45) is 0 Å². The summed E-state index contributed by atoms with van der Waals surface area (Å²) in [5.74, 6) is 0. The molecule has 0 fully saturated rings. The van der Waals surface area contributed by atoms with Crippen molar-refractivity contribution in [2.45, 2.75) is 0 Å². The second-order valence-electron chi connectivity index (χ2n) is 1.83. The van der Waals surface area contributed by atoms with Crippen LogP contribution >= 0.6 is 0 Å². The maximum absolute atomic E-state index is 3.81. The van der Waals surface area contributed by atoms with Gasteiger partial charge in [-0.25, -0.2) is 0 Å². The number of nitrogens with one attached hydrogen (secondary N) is 1. The summed E-state index contributed by atoms with van der Waals surface area (Å²) in [5.41, 5.74) is 1.90. The van der Waals surface area contributed by atoms with Crippen molar-refractivity contribution < 1.29 is 0 Å². The maximum atomic E-state index is 3.81. The van der Waals surface area contributed by atoms with E-state index in [2.05, 4.69) is 15.4 Å². The lowest BCUT2D eigenvalue weighted by molar-refractivity contribution is 0.959. The van der Waals surface area contributed by atoms with E-state index in [1.807, 2.05) is 24.3 Å². The van der Waals surface area contributed by atoms with Gasteiger partial charge in [0.15, 0.2) is 0 Å². The third kappa shape index (κ3) is 0.844. The minimum Gasteiger partial charge on any atom is -0.344 e. The van der Waals surface area contributed by atoms with Crippen LogP contribution in [0.3, 0.4) is 0 Å². The van der Waals surface area contributed by atoms with Crippen LogP contribution < -0.4 is 6.15 Å². The number of para-hydroxylation sites is 1. The standard InChI is InChI=1S/C6H5N3.H3N/c1-2-4-6-5(3-1)7-9-8-6;/h1-4H,(H,7,8,9);1H3. The molecular weight excluding hydrogens is 128 g/mol. The van der Waals surface area contributed by atoms with E-state index in [1.165, 1.54) is 0 Å². The van der Waals surface area contributed by atoms with Gasteiger partial charge >= 0.3 is 0 Å². The largest absolute Gasteiger partial charge is 0.344 e. The van der Waals surface area contributed by atoms with Gasteiger partial charge in [0.2, 0.25) is 0 Å². The summed E-state index contributed by atoms with van der Waals surface area (Å²) in [4.78, 5) is 0. The van der Waals surface area contributed by atoms with Crippen LogP contribution in [0.15, 0.2) is 24.3 Å². The van der Waals surface area contributed by atoms with E-state index >= 15 is 0 Å². The lowest BCUT2D eigenvalue weighted by Crippen LogP contribution is -1.63. The van der Waals surface area contributed by atoms with Gasteiger partial charge in [-0.1, -0.05) is 17.3 Å². The second kappa shape index (κ2) is 2.45. The fourth-order valence-electron chi connectivity index (χ4n) is 0.788. The summed E-state index contributed by atoms with van der Waals surface area (Å²) in [5, 5.41) is 10.2. The van der Waals surface area contributed by atoms with Gasteiger partial charge in [0, 0.05) is 0 Å². The van der Waals surface area contributed by atoms with E-state index in [0.717, 1.165) is 11.0 Å². The first-order chi connectivity index (χ1) is 4.47. The molecule has 2 aromatic rings. The average molecular weight is 136 g/mol. The Morgan fingerprint density at radius 1 is 1.20 bits per heavy atom. The molecule has 4 heteroatoms. The molecular formula is C6H8N4. The number of benzene rings is 1. The number of nitrogens with zero attached hydrogens (tertiary/aromatic N) is 2. The minimum atomic E-state index is 0. The summed E-state index contributed by atoms with van der Waals surface area (Å²) in [6, 6.07) is 7.74. The lowest BCUT2D eigenvalue weighted by Gasteiger charge is -1.79. The molecule has 10 heavy (non-hydrogen) atoms. The quantitative estimate of drug-likeness (QED) is 0.569. The number of hydrogen-bond acceptors (Lipinski definition) is 3. The normalized spacial score (nSPS) is 9.20. The summed E-state index contributed by atoms with van der Waals surface area (Å²) in [7, 11) is 0. The molecule has 52 valence electrons. The van der Waals surface area contributed by atoms with Crippen LogP contribution in [0.4, 0.5) is 0 Å². The average Bonchev–Trinajstić information content (AvgIpc) is 2.33. The van der Waals surface area contributed by atoms with Crippen molar-refractivity contribution in [2.75, 3.05) is 0 Å². The van der Waals surface area contributed by atoms with Crippen molar-refractivity contribution >= 4 is 11.0 Å². The van der Waals surface area contributed by atoms with Crippen LogP contribution in [0.2, 0.25) is 0 Å². The van der Waals surface area contributed by atoms with Gasteiger partial charge in [-0.2, -0.15) is 0 Å². The zero-order valence-electron chi connectivity index (χ0n) is 5.41. The Morgan fingerprint density at radius 3 is 2.80 bits per heavy atom. The molecule has 0 aliphatic heterocycles. The fraction of sp³-hybridized carbons (Fsp3) is 0. The molecule has 2 rings (SSSR count). The van der Waals surface area contributed by atoms with Crippen LogP contribution in [-0.2, 0) is 0 Å². The molecule has 0 saturated carbocycles. The highest BCUT2D eigenvalue weighted by molar-refractivity contribution is 5.72. The van der Waals surface area contributed by atoms with E-state index in [4.69, 9.17) is 0 Å². The Kier molecular flexibility index (Phi) is 1.64. The molecule has 1 aromatic heterocycles. The Balaban J connectivity index is 0.000000500. The highest BCUT2D eigenvalue weighted by atomic mass is 15.3. The summed E-state index contributed by atoms with van der Waals surface area (Å²) in [6.07, 6.45) is 0. The Morgan fingerprint density at radius 2 is 2.00 bits per heavy atom.